The summed E-state index contributed by atoms with van der Waals surface area (Å²) in [6.45, 7) is 11.8. The van der Waals surface area contributed by atoms with Crippen molar-refractivity contribution in [3.8, 4) is 0 Å². The molecule has 0 amide bonds. The second-order valence-corrected chi connectivity index (χ2v) is 5.24. The van der Waals surface area contributed by atoms with Crippen LogP contribution in [0.15, 0.2) is 10.7 Å². The van der Waals surface area contributed by atoms with E-state index in [4.69, 9.17) is 9.15 Å². The number of likely N-dealkylation sites (N-methyl/N-ethyl adjacent to an activating group) is 1. The highest BCUT2D eigenvalue weighted by molar-refractivity contribution is 5.28. The predicted octanol–water partition coefficient (Wildman–Crippen LogP) is 2.28. The van der Waals surface area contributed by atoms with Crippen LogP contribution in [-0.4, -0.2) is 37.8 Å². The van der Waals surface area contributed by atoms with Crippen LogP contribution in [0.25, 0.3) is 0 Å². The van der Waals surface area contributed by atoms with Gasteiger partial charge in [-0.1, -0.05) is 13.8 Å². The Morgan fingerprint density at radius 1 is 1.42 bits per heavy atom. The van der Waals surface area contributed by atoms with Gasteiger partial charge in [-0.05, 0) is 26.3 Å². The number of rotatable bonds is 9. The molecule has 1 rings (SSSR count). The minimum Gasteiger partial charge on any atom is -0.432 e. The Balaban J connectivity index is 2.56. The van der Waals surface area contributed by atoms with E-state index in [1.54, 1.807) is 13.4 Å². The van der Waals surface area contributed by atoms with Crippen LogP contribution in [0.5, 0.6) is 0 Å². The SMILES string of the molecule is CCN(c1nc(CNCC(C)C)co1)C(C)COC. The minimum atomic E-state index is 0.255. The fourth-order valence-corrected chi connectivity index (χ4v) is 1.96. The van der Waals surface area contributed by atoms with E-state index in [0.29, 0.717) is 18.5 Å². The molecule has 110 valence electrons. The summed E-state index contributed by atoms with van der Waals surface area (Å²) in [5.41, 5.74) is 0.943. The summed E-state index contributed by atoms with van der Waals surface area (Å²) in [5.74, 6) is 0.639. The van der Waals surface area contributed by atoms with Crippen molar-refractivity contribution in [1.29, 1.82) is 0 Å². The molecule has 1 atom stereocenters. The molecule has 19 heavy (non-hydrogen) atoms. The van der Waals surface area contributed by atoms with E-state index in [1.165, 1.54) is 0 Å². The zero-order valence-electron chi connectivity index (χ0n) is 12.8. The summed E-state index contributed by atoms with van der Waals surface area (Å²) in [6, 6.07) is 0.929. The third-order valence-electron chi connectivity index (χ3n) is 2.92. The van der Waals surface area contributed by atoms with E-state index >= 15 is 0 Å². The van der Waals surface area contributed by atoms with Gasteiger partial charge in [0, 0.05) is 20.2 Å². The van der Waals surface area contributed by atoms with Crippen LogP contribution in [0.1, 0.15) is 33.4 Å². The number of oxazole rings is 1. The standard InChI is InChI=1S/C14H27N3O2/c1-6-17(12(4)9-18-5)14-16-13(10-19-14)8-15-7-11(2)3/h10-12,15H,6-9H2,1-5H3. The number of hydrogen-bond acceptors (Lipinski definition) is 5. The maximum absolute atomic E-state index is 5.56. The van der Waals surface area contributed by atoms with E-state index in [1.807, 2.05) is 0 Å². The molecule has 0 radical (unpaired) electrons. The van der Waals surface area contributed by atoms with Crippen LogP contribution in [0.2, 0.25) is 0 Å². The summed E-state index contributed by atoms with van der Waals surface area (Å²) >= 11 is 0. The number of aromatic nitrogens is 1. The number of nitrogens with zero attached hydrogens (tertiary/aromatic N) is 2. The van der Waals surface area contributed by atoms with Gasteiger partial charge >= 0.3 is 0 Å². The molecule has 0 saturated carbocycles. The van der Waals surface area contributed by atoms with Crippen molar-refractivity contribution in [2.24, 2.45) is 5.92 Å². The normalized spacial score (nSPS) is 12.9. The van der Waals surface area contributed by atoms with Crippen molar-refractivity contribution in [3.05, 3.63) is 12.0 Å². The third-order valence-corrected chi connectivity index (χ3v) is 2.92. The maximum Gasteiger partial charge on any atom is 0.297 e. The molecule has 0 saturated heterocycles. The fraction of sp³-hybridized carbons (Fsp3) is 0.786. The average molecular weight is 269 g/mol. The van der Waals surface area contributed by atoms with Gasteiger partial charge in [0.1, 0.15) is 6.26 Å². The van der Waals surface area contributed by atoms with E-state index < -0.39 is 0 Å². The lowest BCUT2D eigenvalue weighted by molar-refractivity contribution is 0.180. The molecule has 0 aliphatic rings. The van der Waals surface area contributed by atoms with Gasteiger partial charge < -0.3 is 19.4 Å². The number of anilines is 1. The fourth-order valence-electron chi connectivity index (χ4n) is 1.96. The first-order chi connectivity index (χ1) is 9.08. The Kier molecular flexibility index (Phi) is 6.87. The van der Waals surface area contributed by atoms with Crippen molar-refractivity contribution in [3.63, 3.8) is 0 Å². The van der Waals surface area contributed by atoms with Crippen molar-refractivity contribution in [2.75, 3.05) is 31.7 Å². The highest BCUT2D eigenvalue weighted by Crippen LogP contribution is 2.16. The number of hydrogen-bond donors (Lipinski definition) is 1. The molecular weight excluding hydrogens is 242 g/mol. The van der Waals surface area contributed by atoms with Crippen molar-refractivity contribution in [2.45, 2.75) is 40.3 Å². The lowest BCUT2D eigenvalue weighted by Crippen LogP contribution is -2.36. The van der Waals surface area contributed by atoms with E-state index in [-0.39, 0.29) is 6.04 Å². The lowest BCUT2D eigenvalue weighted by Gasteiger charge is -2.25. The minimum absolute atomic E-state index is 0.255. The first-order valence-electron chi connectivity index (χ1n) is 6.99. The van der Waals surface area contributed by atoms with E-state index in [9.17, 15) is 0 Å². The summed E-state index contributed by atoms with van der Waals surface area (Å²) in [7, 11) is 1.71. The molecule has 1 N–H and O–H groups in total. The highest BCUT2D eigenvalue weighted by atomic mass is 16.5. The number of ether oxygens (including phenoxy) is 1. The Morgan fingerprint density at radius 3 is 2.74 bits per heavy atom. The van der Waals surface area contributed by atoms with Crippen molar-refractivity contribution >= 4 is 6.01 Å². The lowest BCUT2D eigenvalue weighted by atomic mass is 10.2. The first kappa shape index (κ1) is 16.0. The van der Waals surface area contributed by atoms with E-state index in [2.05, 4.69) is 42.9 Å². The maximum atomic E-state index is 5.56. The average Bonchev–Trinajstić information content (AvgIpc) is 2.78. The Bertz CT molecular complexity index is 352. The largest absolute Gasteiger partial charge is 0.432 e. The van der Waals surface area contributed by atoms with Gasteiger partial charge in [0.05, 0.1) is 18.3 Å². The number of methoxy groups -OCH3 is 1. The summed E-state index contributed by atoms with van der Waals surface area (Å²) < 4.78 is 10.7. The molecule has 0 bridgehead atoms. The topological polar surface area (TPSA) is 50.5 Å². The summed E-state index contributed by atoms with van der Waals surface area (Å²) in [6.07, 6.45) is 1.73. The van der Waals surface area contributed by atoms with Crippen molar-refractivity contribution < 1.29 is 9.15 Å². The molecule has 1 aromatic rings. The van der Waals surface area contributed by atoms with E-state index in [0.717, 1.165) is 25.3 Å². The van der Waals surface area contributed by atoms with Gasteiger partial charge in [-0.25, -0.2) is 0 Å². The predicted molar refractivity (Wildman–Crippen MR) is 77.4 cm³/mol. The van der Waals surface area contributed by atoms with Crippen LogP contribution in [0.4, 0.5) is 6.01 Å². The molecule has 0 aliphatic heterocycles. The zero-order valence-corrected chi connectivity index (χ0v) is 12.8. The van der Waals surface area contributed by atoms with Gasteiger partial charge in [-0.2, -0.15) is 4.98 Å². The molecule has 0 aliphatic carbocycles. The molecular formula is C14H27N3O2. The highest BCUT2D eigenvalue weighted by Gasteiger charge is 2.17. The zero-order chi connectivity index (χ0) is 14.3. The number of nitrogens with one attached hydrogen (secondary N) is 1. The first-order valence-corrected chi connectivity index (χ1v) is 6.99. The van der Waals surface area contributed by atoms with Crippen LogP contribution in [0.3, 0.4) is 0 Å². The Hall–Kier alpha value is -1.07. The Morgan fingerprint density at radius 2 is 2.16 bits per heavy atom. The van der Waals surface area contributed by atoms with Gasteiger partial charge in [0.25, 0.3) is 6.01 Å². The van der Waals surface area contributed by atoms with Crippen LogP contribution >= 0.6 is 0 Å². The monoisotopic (exact) mass is 269 g/mol. The molecule has 0 aromatic carbocycles. The van der Waals surface area contributed by atoms with Gasteiger partial charge in [0.2, 0.25) is 0 Å². The third kappa shape index (κ3) is 5.20. The molecule has 0 spiro atoms. The quantitative estimate of drug-likeness (QED) is 0.745. The molecule has 0 fully saturated rings. The molecule has 1 unspecified atom stereocenters. The second-order valence-electron chi connectivity index (χ2n) is 5.24. The van der Waals surface area contributed by atoms with Crippen LogP contribution < -0.4 is 10.2 Å². The molecule has 5 nitrogen and oxygen atoms in total. The van der Waals surface area contributed by atoms with Gasteiger partial charge in [-0.3, -0.25) is 0 Å². The second kappa shape index (κ2) is 8.17. The van der Waals surface area contributed by atoms with Crippen molar-refractivity contribution in [1.82, 2.24) is 10.3 Å². The van der Waals surface area contributed by atoms with Crippen LogP contribution in [0, 0.1) is 5.92 Å². The van der Waals surface area contributed by atoms with Gasteiger partial charge in [0.15, 0.2) is 0 Å². The molecule has 1 heterocycles. The summed E-state index contributed by atoms with van der Waals surface area (Å²) in [5, 5.41) is 3.36. The summed E-state index contributed by atoms with van der Waals surface area (Å²) in [4.78, 5) is 6.63. The van der Waals surface area contributed by atoms with Gasteiger partial charge in [-0.15, -0.1) is 0 Å². The van der Waals surface area contributed by atoms with Crippen LogP contribution in [-0.2, 0) is 11.3 Å². The molecule has 5 heteroatoms. The molecule has 1 aromatic heterocycles. The smallest absolute Gasteiger partial charge is 0.297 e. The Labute approximate surface area is 116 Å².